The van der Waals surface area contributed by atoms with Crippen molar-refractivity contribution in [1.82, 2.24) is 5.06 Å². The van der Waals surface area contributed by atoms with Crippen LogP contribution in [0.4, 0.5) is 0 Å². The molecular formula is C9H14NO. The number of rotatable bonds is 7. The molecule has 61 valence electrons. The second-order valence-electron chi connectivity index (χ2n) is 1.90. The molecule has 0 spiro atoms. The molecule has 0 rings (SSSR count). The molecule has 0 heterocycles. The normalized spacial score (nSPS) is 9.55. The fourth-order valence-corrected chi connectivity index (χ4v) is 0.578. The Labute approximate surface area is 68.4 Å². The molecule has 0 amide bonds. The van der Waals surface area contributed by atoms with Crippen LogP contribution in [-0.2, 0) is 4.84 Å². The number of hydrogen-bond acceptors (Lipinski definition) is 2. The van der Waals surface area contributed by atoms with Crippen LogP contribution >= 0.6 is 0 Å². The first kappa shape index (κ1) is 10.1. The minimum absolute atomic E-state index is 0.677. The van der Waals surface area contributed by atoms with Crippen molar-refractivity contribution < 1.29 is 4.84 Å². The SMILES string of the molecule is C=C[CH]ON(CC=C)CC=C. The lowest BCUT2D eigenvalue weighted by molar-refractivity contribution is -0.101. The van der Waals surface area contributed by atoms with E-state index in [2.05, 4.69) is 19.7 Å². The lowest BCUT2D eigenvalue weighted by Crippen LogP contribution is -2.22. The molecule has 0 aromatic rings. The Morgan fingerprint density at radius 2 is 1.64 bits per heavy atom. The maximum atomic E-state index is 5.12. The Balaban J connectivity index is 3.57. The smallest absolute Gasteiger partial charge is 0.129 e. The number of hydroxylamine groups is 2. The molecule has 2 nitrogen and oxygen atoms in total. The van der Waals surface area contributed by atoms with E-state index < -0.39 is 0 Å². The summed E-state index contributed by atoms with van der Waals surface area (Å²) >= 11 is 0. The first-order chi connectivity index (χ1) is 5.35. The van der Waals surface area contributed by atoms with Gasteiger partial charge in [-0.3, -0.25) is 4.84 Å². The van der Waals surface area contributed by atoms with Crippen molar-refractivity contribution in [3.63, 3.8) is 0 Å². The Morgan fingerprint density at radius 3 is 2.00 bits per heavy atom. The highest BCUT2D eigenvalue weighted by atomic mass is 16.7. The van der Waals surface area contributed by atoms with Gasteiger partial charge in [-0.15, -0.1) is 19.7 Å². The van der Waals surface area contributed by atoms with Crippen molar-refractivity contribution in [1.29, 1.82) is 0 Å². The van der Waals surface area contributed by atoms with E-state index in [1.807, 2.05) is 0 Å². The molecule has 11 heavy (non-hydrogen) atoms. The molecule has 0 saturated heterocycles. The molecule has 0 fully saturated rings. The summed E-state index contributed by atoms with van der Waals surface area (Å²) < 4.78 is 0. The van der Waals surface area contributed by atoms with E-state index in [1.165, 1.54) is 6.61 Å². The third-order valence-electron chi connectivity index (χ3n) is 0.972. The largest absolute Gasteiger partial charge is 0.288 e. The third kappa shape index (κ3) is 5.58. The molecule has 0 aliphatic rings. The predicted molar refractivity (Wildman–Crippen MR) is 47.5 cm³/mol. The summed E-state index contributed by atoms with van der Waals surface area (Å²) in [5.74, 6) is 0. The quantitative estimate of drug-likeness (QED) is 0.408. The fraction of sp³-hybridized carbons (Fsp3) is 0.222. The van der Waals surface area contributed by atoms with Crippen LogP contribution in [0.5, 0.6) is 0 Å². The molecule has 0 aromatic heterocycles. The fourth-order valence-electron chi connectivity index (χ4n) is 0.578. The molecule has 0 aliphatic carbocycles. The van der Waals surface area contributed by atoms with Gasteiger partial charge in [0, 0.05) is 13.1 Å². The Kier molecular flexibility index (Phi) is 6.68. The first-order valence-corrected chi connectivity index (χ1v) is 3.43. The molecule has 0 bridgehead atoms. The van der Waals surface area contributed by atoms with Crippen molar-refractivity contribution in [2.45, 2.75) is 0 Å². The molecular weight excluding hydrogens is 138 g/mol. The second kappa shape index (κ2) is 7.25. The van der Waals surface area contributed by atoms with E-state index in [4.69, 9.17) is 4.84 Å². The van der Waals surface area contributed by atoms with Crippen molar-refractivity contribution in [3.05, 3.63) is 44.6 Å². The summed E-state index contributed by atoms with van der Waals surface area (Å²) in [6.07, 6.45) is 5.11. The van der Waals surface area contributed by atoms with E-state index in [0.29, 0.717) is 13.1 Å². The van der Waals surface area contributed by atoms with Gasteiger partial charge in [-0.05, 0) is 0 Å². The average molecular weight is 152 g/mol. The highest BCUT2D eigenvalue weighted by molar-refractivity contribution is 4.80. The molecule has 0 unspecified atom stereocenters. The first-order valence-electron chi connectivity index (χ1n) is 3.43. The number of nitrogens with zero attached hydrogens (tertiary/aromatic N) is 1. The Morgan fingerprint density at radius 1 is 1.09 bits per heavy atom. The van der Waals surface area contributed by atoms with E-state index in [-0.39, 0.29) is 0 Å². The summed E-state index contributed by atoms with van der Waals surface area (Å²) in [5, 5.41) is 1.71. The lowest BCUT2D eigenvalue weighted by Gasteiger charge is -2.16. The van der Waals surface area contributed by atoms with E-state index in [9.17, 15) is 0 Å². The molecule has 0 saturated carbocycles. The van der Waals surface area contributed by atoms with Crippen LogP contribution in [-0.4, -0.2) is 18.2 Å². The van der Waals surface area contributed by atoms with Crippen LogP contribution in [0.1, 0.15) is 0 Å². The molecule has 1 radical (unpaired) electrons. The van der Waals surface area contributed by atoms with Gasteiger partial charge in [-0.1, -0.05) is 18.2 Å². The van der Waals surface area contributed by atoms with Crippen LogP contribution in [0, 0.1) is 6.61 Å². The summed E-state index contributed by atoms with van der Waals surface area (Å²) in [5.41, 5.74) is 0. The average Bonchev–Trinajstić information content (AvgIpc) is 2.01. The van der Waals surface area contributed by atoms with Crippen molar-refractivity contribution in [3.8, 4) is 0 Å². The highest BCUT2D eigenvalue weighted by Gasteiger charge is 1.97. The topological polar surface area (TPSA) is 12.5 Å². The third-order valence-corrected chi connectivity index (χ3v) is 0.972. The monoisotopic (exact) mass is 152 g/mol. The van der Waals surface area contributed by atoms with Crippen LogP contribution in [0.15, 0.2) is 38.0 Å². The molecule has 2 heteroatoms. The van der Waals surface area contributed by atoms with Crippen LogP contribution in [0.25, 0.3) is 0 Å². The summed E-state index contributed by atoms with van der Waals surface area (Å²) in [7, 11) is 0. The van der Waals surface area contributed by atoms with Crippen molar-refractivity contribution in [2.24, 2.45) is 0 Å². The maximum Gasteiger partial charge on any atom is 0.129 e. The van der Waals surface area contributed by atoms with Gasteiger partial charge in [0.25, 0.3) is 0 Å². The molecule has 0 atom stereocenters. The van der Waals surface area contributed by atoms with Crippen LogP contribution < -0.4 is 0 Å². The standard InChI is InChI=1S/C9H14NO/c1-4-7-10(8-5-2)11-9-6-3/h4-6,9H,1-3,7-8H2. The van der Waals surface area contributed by atoms with Crippen molar-refractivity contribution in [2.75, 3.05) is 13.1 Å². The summed E-state index contributed by atoms with van der Waals surface area (Å²) in [4.78, 5) is 5.12. The maximum absolute atomic E-state index is 5.12. The summed E-state index contributed by atoms with van der Waals surface area (Å²) in [6, 6.07) is 0. The Hall–Kier alpha value is -0.860. The van der Waals surface area contributed by atoms with E-state index >= 15 is 0 Å². The van der Waals surface area contributed by atoms with Gasteiger partial charge in [0.15, 0.2) is 0 Å². The molecule has 0 aromatic carbocycles. The predicted octanol–water partition coefficient (Wildman–Crippen LogP) is 1.94. The number of hydrogen-bond donors (Lipinski definition) is 0. The minimum Gasteiger partial charge on any atom is -0.288 e. The van der Waals surface area contributed by atoms with Crippen molar-refractivity contribution >= 4 is 0 Å². The highest BCUT2D eigenvalue weighted by Crippen LogP contribution is 1.93. The zero-order valence-corrected chi connectivity index (χ0v) is 6.70. The van der Waals surface area contributed by atoms with Gasteiger partial charge >= 0.3 is 0 Å². The van der Waals surface area contributed by atoms with Gasteiger partial charge < -0.3 is 0 Å². The molecule has 0 N–H and O–H groups in total. The van der Waals surface area contributed by atoms with Gasteiger partial charge in [-0.25, -0.2) is 0 Å². The molecule has 0 aliphatic heterocycles. The second-order valence-corrected chi connectivity index (χ2v) is 1.90. The van der Waals surface area contributed by atoms with Crippen LogP contribution in [0.2, 0.25) is 0 Å². The van der Waals surface area contributed by atoms with Gasteiger partial charge in [-0.2, -0.15) is 5.06 Å². The van der Waals surface area contributed by atoms with Crippen LogP contribution in [0.3, 0.4) is 0 Å². The zero-order chi connectivity index (χ0) is 8.53. The lowest BCUT2D eigenvalue weighted by atomic mass is 10.5. The summed E-state index contributed by atoms with van der Waals surface area (Å²) in [6.45, 7) is 13.6. The van der Waals surface area contributed by atoms with Gasteiger partial charge in [0.2, 0.25) is 0 Å². The Bertz CT molecular complexity index is 122. The van der Waals surface area contributed by atoms with E-state index in [0.717, 1.165) is 0 Å². The van der Waals surface area contributed by atoms with E-state index in [1.54, 1.807) is 23.3 Å². The minimum atomic E-state index is 0.677. The van der Waals surface area contributed by atoms with Gasteiger partial charge in [0.05, 0.1) is 0 Å². The zero-order valence-electron chi connectivity index (χ0n) is 6.70. The van der Waals surface area contributed by atoms with Gasteiger partial charge in [0.1, 0.15) is 6.61 Å².